The van der Waals surface area contributed by atoms with E-state index in [9.17, 15) is 19.2 Å². The summed E-state index contributed by atoms with van der Waals surface area (Å²) in [6, 6.07) is 9.71. The van der Waals surface area contributed by atoms with Crippen molar-refractivity contribution in [2.45, 2.75) is 19.9 Å². The van der Waals surface area contributed by atoms with E-state index in [1.807, 2.05) is 0 Å². The van der Waals surface area contributed by atoms with Gasteiger partial charge >= 0.3 is 5.97 Å². The summed E-state index contributed by atoms with van der Waals surface area (Å²) in [4.78, 5) is 51.1. The van der Waals surface area contributed by atoms with Crippen molar-refractivity contribution in [3.63, 3.8) is 0 Å². The van der Waals surface area contributed by atoms with E-state index in [-0.39, 0.29) is 16.1 Å². The number of carbonyl (C=O) groups excluding carboxylic acids is 4. The average molecular weight is 449 g/mol. The van der Waals surface area contributed by atoms with Gasteiger partial charge in [0.05, 0.1) is 21.2 Å². The van der Waals surface area contributed by atoms with Gasteiger partial charge in [0, 0.05) is 5.69 Å². The van der Waals surface area contributed by atoms with E-state index in [1.54, 1.807) is 32.0 Å². The normalized spacial score (nSPS) is 14.0. The molecule has 2 aromatic rings. The lowest BCUT2D eigenvalue weighted by Gasteiger charge is -2.27. The lowest BCUT2D eigenvalue weighted by Crippen LogP contribution is -2.49. The number of hydrogen-bond acceptors (Lipinski definition) is 5. The lowest BCUT2D eigenvalue weighted by atomic mass is 10.0. The maximum Gasteiger partial charge on any atom is 0.330 e. The topological polar surface area (TPSA) is 92.8 Å². The second-order valence-corrected chi connectivity index (χ2v) is 7.81. The van der Waals surface area contributed by atoms with Gasteiger partial charge in [0.15, 0.2) is 6.61 Å². The fraction of sp³-hybridized carbons (Fsp3) is 0.238. The zero-order valence-corrected chi connectivity index (χ0v) is 17.7. The molecule has 0 unspecified atom stereocenters. The monoisotopic (exact) mass is 448 g/mol. The molecular formula is C21H18Cl2N2O5. The fourth-order valence-electron chi connectivity index (χ4n) is 3.13. The molecule has 0 spiro atoms. The lowest BCUT2D eigenvalue weighted by molar-refractivity contribution is -0.152. The van der Waals surface area contributed by atoms with Crippen molar-refractivity contribution >= 4 is 52.6 Å². The molecule has 1 aliphatic heterocycles. The van der Waals surface area contributed by atoms with Gasteiger partial charge in [-0.2, -0.15) is 0 Å². The molecule has 1 N–H and O–H groups in total. The van der Waals surface area contributed by atoms with Crippen LogP contribution in [0.5, 0.6) is 0 Å². The van der Waals surface area contributed by atoms with Gasteiger partial charge in [-0.3, -0.25) is 19.3 Å². The van der Waals surface area contributed by atoms with Crippen LogP contribution in [0.25, 0.3) is 0 Å². The van der Waals surface area contributed by atoms with E-state index >= 15 is 0 Å². The van der Waals surface area contributed by atoms with Gasteiger partial charge in [-0.15, -0.1) is 0 Å². The number of imide groups is 1. The highest BCUT2D eigenvalue weighted by Crippen LogP contribution is 2.28. The van der Waals surface area contributed by atoms with E-state index in [2.05, 4.69) is 5.32 Å². The molecule has 0 saturated heterocycles. The van der Waals surface area contributed by atoms with Crippen LogP contribution in [0.4, 0.5) is 5.69 Å². The number of hydrogen-bond donors (Lipinski definition) is 1. The molecule has 30 heavy (non-hydrogen) atoms. The molecule has 9 heteroatoms. The third-order valence-corrected chi connectivity index (χ3v) is 5.26. The first-order chi connectivity index (χ1) is 14.2. The number of anilines is 1. The summed E-state index contributed by atoms with van der Waals surface area (Å²) in [5.74, 6) is -2.99. The number of benzene rings is 2. The Morgan fingerprint density at radius 2 is 1.60 bits per heavy atom. The van der Waals surface area contributed by atoms with Crippen LogP contribution in [0, 0.1) is 5.92 Å². The minimum atomic E-state index is -1.16. The molecule has 7 nitrogen and oxygen atoms in total. The molecule has 1 heterocycles. The first-order valence-corrected chi connectivity index (χ1v) is 9.84. The third kappa shape index (κ3) is 4.32. The number of ether oxygens (including phenoxy) is 1. The highest BCUT2D eigenvalue weighted by atomic mass is 35.5. The molecule has 1 aliphatic rings. The maximum absolute atomic E-state index is 12.7. The van der Waals surface area contributed by atoms with Gasteiger partial charge < -0.3 is 10.1 Å². The summed E-state index contributed by atoms with van der Waals surface area (Å²) in [6.45, 7) is 2.78. The summed E-state index contributed by atoms with van der Waals surface area (Å²) in [7, 11) is 0. The third-order valence-electron chi connectivity index (χ3n) is 4.53. The highest BCUT2D eigenvalue weighted by molar-refractivity contribution is 6.42. The van der Waals surface area contributed by atoms with E-state index in [1.165, 1.54) is 24.3 Å². The van der Waals surface area contributed by atoms with E-state index < -0.39 is 42.3 Å². The second kappa shape index (κ2) is 8.85. The molecule has 0 saturated carbocycles. The molecular weight excluding hydrogens is 431 g/mol. The Kier molecular flexibility index (Phi) is 6.43. The molecule has 3 rings (SSSR count). The molecule has 156 valence electrons. The van der Waals surface area contributed by atoms with Crippen LogP contribution >= 0.6 is 23.2 Å². The van der Waals surface area contributed by atoms with Crippen molar-refractivity contribution in [3.05, 3.63) is 63.6 Å². The number of halogens is 2. The first-order valence-electron chi connectivity index (χ1n) is 9.09. The molecule has 0 bridgehead atoms. The number of rotatable bonds is 6. The van der Waals surface area contributed by atoms with Crippen LogP contribution in [0.3, 0.4) is 0 Å². The van der Waals surface area contributed by atoms with E-state index in [0.717, 1.165) is 4.90 Å². The Labute approximate surface area is 182 Å². The maximum atomic E-state index is 12.7. The van der Waals surface area contributed by atoms with Gasteiger partial charge in [-0.1, -0.05) is 49.2 Å². The van der Waals surface area contributed by atoms with Crippen LogP contribution in [-0.4, -0.2) is 41.2 Å². The van der Waals surface area contributed by atoms with Crippen LogP contribution < -0.4 is 5.32 Å². The molecule has 1 atom stereocenters. The van der Waals surface area contributed by atoms with E-state index in [4.69, 9.17) is 27.9 Å². The zero-order chi connectivity index (χ0) is 22.0. The molecule has 0 radical (unpaired) electrons. The SMILES string of the molecule is CC(C)[C@@H](C(=O)OCC(=O)Nc1ccc(Cl)c(Cl)c1)N1C(=O)c2ccccc2C1=O. The average Bonchev–Trinajstić information content (AvgIpc) is 2.95. The van der Waals surface area contributed by atoms with Crippen LogP contribution in [0.15, 0.2) is 42.5 Å². The quantitative estimate of drug-likeness (QED) is 0.535. The standard InChI is InChI=1S/C21H18Cl2N2O5/c1-11(2)18(25-19(27)13-5-3-4-6-14(13)20(25)28)21(29)30-10-17(26)24-12-7-8-15(22)16(23)9-12/h3-9,11,18H,10H2,1-2H3,(H,24,26)/t18-/m0/s1. The fourth-order valence-corrected chi connectivity index (χ4v) is 3.43. The van der Waals surface area contributed by atoms with Crippen molar-refractivity contribution in [2.75, 3.05) is 11.9 Å². The molecule has 0 aromatic heterocycles. The van der Waals surface area contributed by atoms with Gasteiger partial charge in [0.2, 0.25) is 0 Å². The largest absolute Gasteiger partial charge is 0.454 e. The van der Waals surface area contributed by atoms with Crippen LogP contribution in [0.1, 0.15) is 34.6 Å². The number of nitrogens with zero attached hydrogens (tertiary/aromatic N) is 1. The zero-order valence-electron chi connectivity index (χ0n) is 16.1. The van der Waals surface area contributed by atoms with Gasteiger partial charge in [-0.05, 0) is 36.2 Å². The van der Waals surface area contributed by atoms with Crippen LogP contribution in [-0.2, 0) is 14.3 Å². The Morgan fingerprint density at radius 1 is 1.00 bits per heavy atom. The number of carbonyl (C=O) groups is 4. The number of esters is 1. The predicted molar refractivity (Wildman–Crippen MR) is 112 cm³/mol. The minimum absolute atomic E-state index is 0.235. The molecule has 3 amide bonds. The molecule has 0 fully saturated rings. The summed E-state index contributed by atoms with van der Waals surface area (Å²) in [5.41, 5.74) is 0.850. The minimum Gasteiger partial charge on any atom is -0.454 e. The Bertz CT molecular complexity index is 1000. The number of nitrogens with one attached hydrogen (secondary N) is 1. The predicted octanol–water partition coefficient (Wildman–Crippen LogP) is 3.80. The van der Waals surface area contributed by atoms with Crippen molar-refractivity contribution < 1.29 is 23.9 Å². The molecule has 2 aromatic carbocycles. The summed E-state index contributed by atoms with van der Waals surface area (Å²) >= 11 is 11.7. The van der Waals surface area contributed by atoms with Crippen molar-refractivity contribution in [1.82, 2.24) is 4.90 Å². The van der Waals surface area contributed by atoms with Gasteiger partial charge in [-0.25, -0.2) is 4.79 Å². The number of fused-ring (bicyclic) bond motifs is 1. The summed E-state index contributed by atoms with van der Waals surface area (Å²) in [6.07, 6.45) is 0. The van der Waals surface area contributed by atoms with Crippen molar-refractivity contribution in [2.24, 2.45) is 5.92 Å². The summed E-state index contributed by atoms with van der Waals surface area (Å²) < 4.78 is 5.11. The smallest absolute Gasteiger partial charge is 0.330 e. The summed E-state index contributed by atoms with van der Waals surface area (Å²) in [5, 5.41) is 3.12. The van der Waals surface area contributed by atoms with Gasteiger partial charge in [0.25, 0.3) is 17.7 Å². The van der Waals surface area contributed by atoms with E-state index in [0.29, 0.717) is 10.7 Å². The second-order valence-electron chi connectivity index (χ2n) is 7.00. The highest BCUT2D eigenvalue weighted by Gasteiger charge is 2.44. The number of amides is 3. The van der Waals surface area contributed by atoms with Crippen LogP contribution in [0.2, 0.25) is 10.0 Å². The van der Waals surface area contributed by atoms with Gasteiger partial charge in [0.1, 0.15) is 6.04 Å². The Morgan fingerprint density at radius 3 is 2.13 bits per heavy atom. The van der Waals surface area contributed by atoms with Crippen molar-refractivity contribution in [3.8, 4) is 0 Å². The first kappa shape index (κ1) is 21.8. The Balaban J connectivity index is 1.68. The Hall–Kier alpha value is -2.90. The molecule has 0 aliphatic carbocycles. The van der Waals surface area contributed by atoms with Crippen molar-refractivity contribution in [1.29, 1.82) is 0 Å².